The van der Waals surface area contributed by atoms with Gasteiger partial charge >= 0.3 is 12.1 Å². The maximum atomic E-state index is 14.4. The van der Waals surface area contributed by atoms with Crippen molar-refractivity contribution in [1.82, 2.24) is 15.5 Å². The number of ether oxygens (including phenoxy) is 4. The standard InChI is InChI=1S/C39H53N3O11S/c1-10-54(48,49)23-27(13-11-12-18-40-38(47)53-39(3,4)5)36(45)42(6)34-26-15-17-33(51-8)29(22-26)28-20-25(14-16-32(28)50-7)21-30(37(46)52-9)41-35(44)24(2)19-31(34)43/h10,14-17,20,22,24,27,30,34H,1,11-13,18-19,21,23H2,2-9H3,(H,40,47)(H,41,44)/t24-,27-,30+,34+/m1/s1. The zero-order chi connectivity index (χ0) is 40.4. The van der Waals surface area contributed by atoms with Gasteiger partial charge in [-0.05, 0) is 69.0 Å². The van der Waals surface area contributed by atoms with Crippen molar-refractivity contribution in [2.45, 2.75) is 77.5 Å². The molecular formula is C39H53N3O11S. The van der Waals surface area contributed by atoms with Crippen LogP contribution in [-0.4, -0.2) is 95.3 Å². The molecule has 1 aliphatic heterocycles. The minimum Gasteiger partial charge on any atom is -0.496 e. The predicted octanol–water partition coefficient (Wildman–Crippen LogP) is 4.55. The SMILES string of the molecule is C=CS(=O)(=O)C[C@@H](CCCCNC(=O)OC(C)(C)C)C(=O)N(C)[C@@H]1C(=O)C[C@@H](C)C(=O)N[C@H](C(=O)OC)Cc2ccc(OC)c(c2)-c2cc1ccc2OC. The Hall–Kier alpha value is -4.92. The number of benzene rings is 2. The van der Waals surface area contributed by atoms with Gasteiger partial charge in [0.15, 0.2) is 15.6 Å². The van der Waals surface area contributed by atoms with E-state index in [-0.39, 0.29) is 25.8 Å². The zero-order valence-electron chi connectivity index (χ0n) is 32.4. The van der Waals surface area contributed by atoms with Crippen molar-refractivity contribution < 1.29 is 51.3 Å². The van der Waals surface area contributed by atoms with Gasteiger partial charge in [-0.1, -0.05) is 32.1 Å². The molecule has 54 heavy (non-hydrogen) atoms. The highest BCUT2D eigenvalue weighted by Crippen LogP contribution is 2.40. The number of rotatable bonds is 13. The maximum Gasteiger partial charge on any atom is 0.407 e. The molecule has 4 bridgehead atoms. The molecule has 0 aromatic heterocycles. The molecule has 0 fully saturated rings. The number of unbranched alkanes of at least 4 members (excludes halogenated alkanes) is 1. The smallest absolute Gasteiger partial charge is 0.407 e. The number of esters is 1. The molecule has 1 aliphatic rings. The first-order chi connectivity index (χ1) is 25.3. The predicted molar refractivity (Wildman–Crippen MR) is 202 cm³/mol. The minimum atomic E-state index is -3.87. The summed E-state index contributed by atoms with van der Waals surface area (Å²) in [4.78, 5) is 68.2. The third kappa shape index (κ3) is 11.8. The number of carbonyl (C=O) groups is 5. The molecule has 296 valence electrons. The van der Waals surface area contributed by atoms with Crippen LogP contribution in [-0.2, 0) is 44.9 Å². The lowest BCUT2D eigenvalue weighted by atomic mass is 9.89. The number of alkyl carbamates (subject to hydrolysis) is 1. The summed E-state index contributed by atoms with van der Waals surface area (Å²) < 4.78 is 47.2. The van der Waals surface area contributed by atoms with Crippen LogP contribution in [0.1, 0.15) is 70.5 Å². The summed E-state index contributed by atoms with van der Waals surface area (Å²) >= 11 is 0. The number of hydrogen-bond acceptors (Lipinski definition) is 11. The number of nitrogens with one attached hydrogen (secondary N) is 2. The van der Waals surface area contributed by atoms with Crippen molar-refractivity contribution in [3.8, 4) is 22.6 Å². The van der Waals surface area contributed by atoms with Crippen LogP contribution in [0.2, 0.25) is 0 Å². The fourth-order valence-electron chi connectivity index (χ4n) is 6.28. The van der Waals surface area contributed by atoms with Crippen molar-refractivity contribution >= 4 is 39.5 Å². The van der Waals surface area contributed by atoms with Gasteiger partial charge in [0.25, 0.3) is 0 Å². The number of carbonyl (C=O) groups excluding carboxylic acids is 5. The van der Waals surface area contributed by atoms with E-state index >= 15 is 0 Å². The minimum absolute atomic E-state index is 0.0873. The molecule has 0 radical (unpaired) electrons. The molecule has 0 spiro atoms. The van der Waals surface area contributed by atoms with Crippen molar-refractivity contribution in [3.05, 3.63) is 59.5 Å². The first kappa shape index (κ1) is 43.5. The van der Waals surface area contributed by atoms with Crippen molar-refractivity contribution in [1.29, 1.82) is 0 Å². The number of sulfone groups is 1. The Labute approximate surface area is 317 Å². The summed E-state index contributed by atoms with van der Waals surface area (Å²) in [5.74, 6) is -4.00. The molecule has 15 heteroatoms. The summed E-state index contributed by atoms with van der Waals surface area (Å²) in [6, 6.07) is 7.96. The largest absolute Gasteiger partial charge is 0.496 e. The zero-order valence-corrected chi connectivity index (χ0v) is 33.2. The third-order valence-corrected chi connectivity index (χ3v) is 10.4. The second-order valence-electron chi connectivity index (χ2n) is 14.3. The van der Waals surface area contributed by atoms with E-state index in [1.807, 2.05) is 0 Å². The van der Waals surface area contributed by atoms with E-state index in [9.17, 15) is 32.4 Å². The van der Waals surface area contributed by atoms with Crippen LogP contribution in [0.5, 0.6) is 11.5 Å². The highest BCUT2D eigenvalue weighted by Gasteiger charge is 2.36. The Morgan fingerprint density at radius 1 is 1.00 bits per heavy atom. The average molecular weight is 772 g/mol. The molecule has 2 aromatic carbocycles. The number of fused-ring (bicyclic) bond motifs is 5. The summed E-state index contributed by atoms with van der Waals surface area (Å²) in [6.07, 6.45) is 0.0910. The molecule has 1 heterocycles. The Morgan fingerprint density at radius 2 is 1.63 bits per heavy atom. The van der Waals surface area contributed by atoms with Gasteiger partial charge in [0.05, 0.1) is 33.0 Å². The Kier molecular flexibility index (Phi) is 15.2. The summed E-state index contributed by atoms with van der Waals surface area (Å²) in [5.41, 5.74) is 1.47. The summed E-state index contributed by atoms with van der Waals surface area (Å²) in [6.45, 7) is 10.4. The Bertz CT molecular complexity index is 1820. The van der Waals surface area contributed by atoms with Crippen LogP contribution in [0, 0.1) is 11.8 Å². The second-order valence-corrected chi connectivity index (χ2v) is 16.3. The Balaban J connectivity index is 2.09. The molecule has 0 unspecified atom stereocenters. The lowest BCUT2D eigenvalue weighted by molar-refractivity contribution is -0.146. The van der Waals surface area contributed by atoms with E-state index < -0.39 is 74.8 Å². The maximum absolute atomic E-state index is 14.4. The van der Waals surface area contributed by atoms with Gasteiger partial charge in [-0.25, -0.2) is 18.0 Å². The van der Waals surface area contributed by atoms with Crippen molar-refractivity contribution in [2.24, 2.45) is 11.8 Å². The lowest BCUT2D eigenvalue weighted by Gasteiger charge is -2.32. The van der Waals surface area contributed by atoms with E-state index in [1.54, 1.807) is 64.1 Å². The molecule has 14 nitrogen and oxygen atoms in total. The van der Waals surface area contributed by atoms with E-state index in [0.29, 0.717) is 46.6 Å². The molecule has 4 atom stereocenters. The quantitative estimate of drug-likeness (QED) is 0.215. The van der Waals surface area contributed by atoms with Crippen LogP contribution in [0.25, 0.3) is 11.1 Å². The van der Waals surface area contributed by atoms with E-state index in [4.69, 9.17) is 18.9 Å². The van der Waals surface area contributed by atoms with E-state index in [2.05, 4.69) is 17.2 Å². The van der Waals surface area contributed by atoms with Gasteiger partial charge in [0.2, 0.25) is 11.8 Å². The molecule has 2 aromatic rings. The third-order valence-electron chi connectivity index (χ3n) is 9.01. The topological polar surface area (TPSA) is 184 Å². The molecule has 0 saturated carbocycles. The van der Waals surface area contributed by atoms with Crippen molar-refractivity contribution in [3.63, 3.8) is 0 Å². The number of nitrogens with zero attached hydrogens (tertiary/aromatic N) is 1. The summed E-state index contributed by atoms with van der Waals surface area (Å²) in [5, 5.41) is 6.16. The molecule has 3 rings (SSSR count). The molecule has 0 saturated heterocycles. The fraction of sp³-hybridized carbons (Fsp3) is 0.513. The number of Topliss-reactive ketones (excluding diaryl/α,β-unsaturated/α-hetero) is 1. The first-order valence-electron chi connectivity index (χ1n) is 17.7. The number of ketones is 1. The molecule has 2 N–H and O–H groups in total. The molecular weight excluding hydrogens is 719 g/mol. The van der Waals surface area contributed by atoms with Crippen molar-refractivity contribution in [2.75, 3.05) is 40.7 Å². The van der Waals surface area contributed by atoms with Gasteiger partial charge in [-0.3, -0.25) is 14.4 Å². The van der Waals surface area contributed by atoms with Gasteiger partial charge in [-0.15, -0.1) is 0 Å². The van der Waals surface area contributed by atoms with E-state index in [0.717, 1.165) is 5.41 Å². The normalized spacial score (nSPS) is 18.3. The van der Waals surface area contributed by atoms with Crippen LogP contribution in [0.15, 0.2) is 48.4 Å². The lowest BCUT2D eigenvalue weighted by Crippen LogP contribution is -2.46. The van der Waals surface area contributed by atoms with Crippen LogP contribution < -0.4 is 20.1 Å². The highest BCUT2D eigenvalue weighted by molar-refractivity contribution is 7.94. The number of methoxy groups -OCH3 is 3. The highest BCUT2D eigenvalue weighted by atomic mass is 32.2. The summed E-state index contributed by atoms with van der Waals surface area (Å²) in [7, 11) is 1.76. The number of hydrogen-bond donors (Lipinski definition) is 2. The Morgan fingerprint density at radius 3 is 2.22 bits per heavy atom. The fourth-order valence-corrected chi connectivity index (χ4v) is 7.28. The van der Waals surface area contributed by atoms with Crippen LogP contribution in [0.4, 0.5) is 4.79 Å². The molecule has 3 amide bonds. The number of amides is 3. The van der Waals surface area contributed by atoms with Gasteiger partial charge in [0, 0.05) is 48.9 Å². The molecule has 0 aliphatic carbocycles. The van der Waals surface area contributed by atoms with Gasteiger partial charge < -0.3 is 34.5 Å². The van der Waals surface area contributed by atoms with E-state index in [1.165, 1.54) is 33.3 Å². The van der Waals surface area contributed by atoms with Gasteiger partial charge in [-0.2, -0.15) is 0 Å². The van der Waals surface area contributed by atoms with Gasteiger partial charge in [0.1, 0.15) is 29.2 Å². The first-order valence-corrected chi connectivity index (χ1v) is 19.4. The monoisotopic (exact) mass is 771 g/mol. The van der Waals surface area contributed by atoms with Crippen LogP contribution >= 0.6 is 0 Å². The van der Waals surface area contributed by atoms with Crippen LogP contribution in [0.3, 0.4) is 0 Å². The number of likely N-dealkylation sites (N-methyl/N-ethyl adjacent to an activating group) is 1. The second kappa shape index (κ2) is 18.9. The average Bonchev–Trinajstić information content (AvgIpc) is 3.11.